The molecular weight excluding hydrogens is 323 g/mol. The second-order valence-electron chi connectivity index (χ2n) is 6.11. The summed E-state index contributed by atoms with van der Waals surface area (Å²) in [5, 5.41) is 0. The second-order valence-corrected chi connectivity index (χ2v) is 6.11. The summed E-state index contributed by atoms with van der Waals surface area (Å²) in [5.74, 6) is -2.27. The monoisotopic (exact) mass is 352 g/mol. The number of hydrogen-bond donors (Lipinski definition) is 0. The number of rotatable bonds is 10. The molecule has 140 valence electrons. The highest BCUT2D eigenvalue weighted by Crippen LogP contribution is 2.20. The van der Waals surface area contributed by atoms with Crippen LogP contribution in [0.3, 0.4) is 0 Å². The maximum atomic E-state index is 14.3. The predicted molar refractivity (Wildman–Crippen MR) is 95.2 cm³/mol. The lowest BCUT2D eigenvalue weighted by molar-refractivity contribution is 0.0218. The van der Waals surface area contributed by atoms with Gasteiger partial charge in [-0.1, -0.05) is 46.6 Å². The van der Waals surface area contributed by atoms with Gasteiger partial charge in [0.05, 0.1) is 5.56 Å². The van der Waals surface area contributed by atoms with Crippen molar-refractivity contribution in [3.05, 3.63) is 35.1 Å². The molecule has 0 fully saturated rings. The summed E-state index contributed by atoms with van der Waals surface area (Å²) in [6.45, 7) is 7.81. The summed E-state index contributed by atoms with van der Waals surface area (Å²) < 4.78 is 25.1. The molecule has 0 aliphatic rings. The molecule has 5 heteroatoms. The van der Waals surface area contributed by atoms with Gasteiger partial charge in [0, 0.05) is 0 Å². The zero-order valence-electron chi connectivity index (χ0n) is 15.6. The van der Waals surface area contributed by atoms with Gasteiger partial charge in [0.1, 0.15) is 23.6 Å². The van der Waals surface area contributed by atoms with E-state index >= 15 is 0 Å². The van der Waals surface area contributed by atoms with Gasteiger partial charge in [-0.15, -0.1) is 0 Å². The fraction of sp³-hybridized carbons (Fsp3) is 0.600. The Balaban J connectivity index is 3.04. The number of benzene rings is 1. The van der Waals surface area contributed by atoms with Gasteiger partial charge in [-0.3, -0.25) is 0 Å². The van der Waals surface area contributed by atoms with E-state index in [4.69, 9.17) is 9.47 Å². The van der Waals surface area contributed by atoms with E-state index < -0.39 is 17.8 Å². The van der Waals surface area contributed by atoms with E-state index in [9.17, 15) is 14.0 Å². The molecule has 0 aliphatic heterocycles. The topological polar surface area (TPSA) is 52.6 Å². The summed E-state index contributed by atoms with van der Waals surface area (Å²) in [4.78, 5) is 24.9. The third kappa shape index (κ3) is 6.15. The standard InChI is InChI=1S/C20H29FO4/c1-5-10-14(7-3)24-19(22)16-12-9-13-17(21)18(16)20(23)25-15(8-4)11-6-2/h9,12-15H,5-8,10-11H2,1-4H3. The molecule has 0 spiro atoms. The van der Waals surface area contributed by atoms with E-state index in [0.29, 0.717) is 19.3 Å². The molecule has 0 amide bonds. The Labute approximate surface area is 149 Å². The van der Waals surface area contributed by atoms with E-state index in [-0.39, 0.29) is 23.3 Å². The van der Waals surface area contributed by atoms with Crippen LogP contribution in [0.15, 0.2) is 18.2 Å². The number of hydrogen-bond acceptors (Lipinski definition) is 4. The van der Waals surface area contributed by atoms with Crippen molar-refractivity contribution in [2.24, 2.45) is 0 Å². The molecule has 1 aromatic carbocycles. The van der Waals surface area contributed by atoms with E-state index in [1.54, 1.807) is 0 Å². The van der Waals surface area contributed by atoms with Gasteiger partial charge in [0.2, 0.25) is 0 Å². The maximum absolute atomic E-state index is 14.3. The molecule has 0 aromatic heterocycles. The quantitative estimate of drug-likeness (QED) is 0.536. The molecule has 0 saturated carbocycles. The second kappa shape index (κ2) is 10.9. The van der Waals surface area contributed by atoms with Gasteiger partial charge in [-0.25, -0.2) is 14.0 Å². The van der Waals surface area contributed by atoms with Crippen LogP contribution in [0.5, 0.6) is 0 Å². The van der Waals surface area contributed by atoms with Crippen LogP contribution in [0, 0.1) is 5.82 Å². The molecule has 0 aliphatic carbocycles. The van der Waals surface area contributed by atoms with Crippen LogP contribution in [0.1, 0.15) is 86.9 Å². The zero-order valence-corrected chi connectivity index (χ0v) is 15.6. The van der Waals surface area contributed by atoms with Crippen LogP contribution in [0.4, 0.5) is 4.39 Å². The minimum Gasteiger partial charge on any atom is -0.459 e. The van der Waals surface area contributed by atoms with Crippen molar-refractivity contribution in [1.29, 1.82) is 0 Å². The third-order valence-electron chi connectivity index (χ3n) is 4.12. The van der Waals surface area contributed by atoms with Gasteiger partial charge in [-0.2, -0.15) is 0 Å². The van der Waals surface area contributed by atoms with E-state index in [2.05, 4.69) is 0 Å². The van der Waals surface area contributed by atoms with E-state index in [1.807, 2.05) is 27.7 Å². The largest absolute Gasteiger partial charge is 0.459 e. The highest BCUT2D eigenvalue weighted by atomic mass is 19.1. The summed E-state index contributed by atoms with van der Waals surface area (Å²) in [5.41, 5.74) is -0.417. The SMILES string of the molecule is CCCC(CC)OC(=O)c1cccc(F)c1C(=O)OC(CC)CCC. The average molecular weight is 352 g/mol. The number of halogens is 1. The van der Waals surface area contributed by atoms with Crippen molar-refractivity contribution in [2.45, 2.75) is 78.4 Å². The molecule has 0 saturated heterocycles. The first kappa shape index (κ1) is 21.1. The molecule has 1 aromatic rings. The smallest absolute Gasteiger partial charge is 0.342 e. The highest BCUT2D eigenvalue weighted by Gasteiger charge is 2.26. The lowest BCUT2D eigenvalue weighted by Crippen LogP contribution is -2.23. The molecule has 0 radical (unpaired) electrons. The molecule has 25 heavy (non-hydrogen) atoms. The lowest BCUT2D eigenvalue weighted by atomic mass is 10.1. The highest BCUT2D eigenvalue weighted by molar-refractivity contribution is 6.03. The van der Waals surface area contributed by atoms with Crippen molar-refractivity contribution < 1.29 is 23.5 Å². The average Bonchev–Trinajstić information content (AvgIpc) is 2.60. The van der Waals surface area contributed by atoms with Gasteiger partial charge in [0.15, 0.2) is 0 Å². The Morgan fingerprint density at radius 2 is 1.44 bits per heavy atom. The Bertz CT molecular complexity index is 571. The fourth-order valence-electron chi connectivity index (χ4n) is 2.66. The van der Waals surface area contributed by atoms with Crippen molar-refractivity contribution in [3.63, 3.8) is 0 Å². The lowest BCUT2D eigenvalue weighted by Gasteiger charge is -2.18. The Kier molecular flexibility index (Phi) is 9.17. The van der Waals surface area contributed by atoms with Crippen LogP contribution in [0.25, 0.3) is 0 Å². The summed E-state index contributed by atoms with van der Waals surface area (Å²) in [7, 11) is 0. The normalized spacial score (nSPS) is 13.2. The third-order valence-corrected chi connectivity index (χ3v) is 4.12. The fourth-order valence-corrected chi connectivity index (χ4v) is 2.66. The van der Waals surface area contributed by atoms with Crippen LogP contribution in [-0.2, 0) is 9.47 Å². The molecule has 4 nitrogen and oxygen atoms in total. The zero-order chi connectivity index (χ0) is 18.8. The summed E-state index contributed by atoms with van der Waals surface area (Å²) >= 11 is 0. The van der Waals surface area contributed by atoms with Gasteiger partial charge < -0.3 is 9.47 Å². The number of ether oxygens (including phenoxy) is 2. The molecule has 0 N–H and O–H groups in total. The first-order valence-corrected chi connectivity index (χ1v) is 9.18. The van der Waals surface area contributed by atoms with Crippen LogP contribution in [-0.4, -0.2) is 24.1 Å². The summed E-state index contributed by atoms with van der Waals surface area (Å²) in [6, 6.07) is 3.95. The minimum atomic E-state index is -0.811. The molecule has 1 rings (SSSR count). The van der Waals surface area contributed by atoms with Crippen molar-refractivity contribution in [3.8, 4) is 0 Å². The molecule has 0 bridgehead atoms. The maximum Gasteiger partial charge on any atom is 0.342 e. The van der Waals surface area contributed by atoms with Gasteiger partial charge in [-0.05, 0) is 37.8 Å². The minimum absolute atomic E-state index is 0.0779. The van der Waals surface area contributed by atoms with Crippen LogP contribution in [0.2, 0.25) is 0 Å². The molecule has 0 heterocycles. The molecular formula is C20H29FO4. The predicted octanol–water partition coefficient (Wildman–Crippen LogP) is 5.30. The molecule has 2 unspecified atom stereocenters. The van der Waals surface area contributed by atoms with E-state index in [0.717, 1.165) is 25.3 Å². The van der Waals surface area contributed by atoms with Gasteiger partial charge >= 0.3 is 11.9 Å². The number of esters is 2. The van der Waals surface area contributed by atoms with Crippen molar-refractivity contribution in [1.82, 2.24) is 0 Å². The van der Waals surface area contributed by atoms with E-state index in [1.165, 1.54) is 12.1 Å². The summed E-state index contributed by atoms with van der Waals surface area (Å²) in [6.07, 6.45) is 3.94. The Morgan fingerprint density at radius 3 is 1.92 bits per heavy atom. The first-order chi connectivity index (χ1) is 12.0. The van der Waals surface area contributed by atoms with Crippen molar-refractivity contribution >= 4 is 11.9 Å². The van der Waals surface area contributed by atoms with Crippen LogP contribution >= 0.6 is 0 Å². The molecule has 2 atom stereocenters. The van der Waals surface area contributed by atoms with Gasteiger partial charge in [0.25, 0.3) is 0 Å². The number of carbonyl (C=O) groups is 2. The Hall–Kier alpha value is -1.91. The number of carbonyl (C=O) groups excluding carboxylic acids is 2. The first-order valence-electron chi connectivity index (χ1n) is 9.18. The van der Waals surface area contributed by atoms with Crippen LogP contribution < -0.4 is 0 Å². The Morgan fingerprint density at radius 1 is 0.920 bits per heavy atom. The van der Waals surface area contributed by atoms with Crippen molar-refractivity contribution in [2.75, 3.05) is 0 Å².